The van der Waals surface area contributed by atoms with E-state index in [1.807, 2.05) is 36.2 Å². The maximum atomic E-state index is 12.3. The molecule has 0 aliphatic carbocycles. The van der Waals surface area contributed by atoms with E-state index in [1.165, 1.54) is 5.48 Å². The number of carbonyl (C=O) groups excluding carboxylic acids is 3. The van der Waals surface area contributed by atoms with Gasteiger partial charge in [-0.25, -0.2) is 5.48 Å². The SMILES string of the molecule is CCCCCN(C)CC(=O)Nc1ccc(C#Cc2ccc(C(=O)N[C@@H](CN)C(=O)NO)cc2)cc1. The van der Waals surface area contributed by atoms with Crippen molar-refractivity contribution in [2.24, 2.45) is 5.73 Å². The van der Waals surface area contributed by atoms with Gasteiger partial charge in [-0.2, -0.15) is 0 Å². The standard InChI is InChI=1S/C26H33N5O4/c1-3-4-5-16-31(2)18-24(32)28-22-14-10-20(11-15-22)7-6-19-8-12-21(13-9-19)25(33)29-23(17-27)26(34)30-35/h8-15,23,35H,3-5,16-18,27H2,1-2H3,(H,28,32)(H,29,33)(H,30,34)/t23-/m0/s1. The molecule has 0 aliphatic heterocycles. The van der Waals surface area contributed by atoms with E-state index in [-0.39, 0.29) is 12.5 Å². The highest BCUT2D eigenvalue weighted by Gasteiger charge is 2.19. The first-order chi connectivity index (χ1) is 16.9. The van der Waals surface area contributed by atoms with E-state index in [4.69, 9.17) is 10.9 Å². The van der Waals surface area contributed by atoms with Gasteiger partial charge in [0.25, 0.3) is 11.8 Å². The minimum absolute atomic E-state index is 0.0540. The van der Waals surface area contributed by atoms with Crippen molar-refractivity contribution in [2.45, 2.75) is 32.2 Å². The van der Waals surface area contributed by atoms with Gasteiger partial charge in [0.15, 0.2) is 0 Å². The fraction of sp³-hybridized carbons (Fsp3) is 0.346. The average molecular weight is 480 g/mol. The Bertz CT molecular complexity index is 1040. The summed E-state index contributed by atoms with van der Waals surface area (Å²) in [5.41, 5.74) is 9.43. The van der Waals surface area contributed by atoms with Gasteiger partial charge >= 0.3 is 0 Å². The van der Waals surface area contributed by atoms with Crippen molar-refractivity contribution < 1.29 is 19.6 Å². The molecule has 0 fully saturated rings. The molecule has 1 atom stereocenters. The number of anilines is 1. The molecule has 0 radical (unpaired) electrons. The highest BCUT2D eigenvalue weighted by molar-refractivity contribution is 5.97. The zero-order valence-electron chi connectivity index (χ0n) is 20.1. The first-order valence-corrected chi connectivity index (χ1v) is 11.5. The van der Waals surface area contributed by atoms with E-state index < -0.39 is 17.9 Å². The lowest BCUT2D eigenvalue weighted by Gasteiger charge is -2.15. The second-order valence-electron chi connectivity index (χ2n) is 8.14. The molecule has 0 aliphatic rings. The third-order valence-corrected chi connectivity index (χ3v) is 5.19. The first-order valence-electron chi connectivity index (χ1n) is 11.5. The van der Waals surface area contributed by atoms with E-state index in [1.54, 1.807) is 24.3 Å². The lowest BCUT2D eigenvalue weighted by Crippen LogP contribution is -2.50. The second-order valence-corrected chi connectivity index (χ2v) is 8.14. The number of carbonyl (C=O) groups is 3. The molecule has 3 amide bonds. The Hall–Kier alpha value is -3.71. The molecule has 0 bridgehead atoms. The van der Waals surface area contributed by atoms with E-state index in [0.717, 1.165) is 31.4 Å². The van der Waals surface area contributed by atoms with Crippen LogP contribution >= 0.6 is 0 Å². The van der Waals surface area contributed by atoms with Gasteiger partial charge in [-0.15, -0.1) is 0 Å². The van der Waals surface area contributed by atoms with Gasteiger partial charge in [0.1, 0.15) is 6.04 Å². The second kappa shape index (κ2) is 14.5. The molecule has 0 aromatic heterocycles. The first kappa shape index (κ1) is 27.5. The summed E-state index contributed by atoms with van der Waals surface area (Å²) in [5.74, 6) is 4.74. The number of likely N-dealkylation sites (N-methyl/N-ethyl adjacent to an activating group) is 1. The van der Waals surface area contributed by atoms with Crippen molar-refractivity contribution in [1.29, 1.82) is 0 Å². The van der Waals surface area contributed by atoms with Crippen molar-refractivity contribution in [3.63, 3.8) is 0 Å². The van der Waals surface area contributed by atoms with Crippen LogP contribution in [0.4, 0.5) is 5.69 Å². The summed E-state index contributed by atoms with van der Waals surface area (Å²) >= 11 is 0. The van der Waals surface area contributed by atoms with Crippen LogP contribution in [0.2, 0.25) is 0 Å². The Morgan fingerprint density at radius 2 is 1.60 bits per heavy atom. The van der Waals surface area contributed by atoms with Crippen LogP contribution in [0.3, 0.4) is 0 Å². The average Bonchev–Trinajstić information content (AvgIpc) is 2.86. The lowest BCUT2D eigenvalue weighted by atomic mass is 10.1. The van der Waals surface area contributed by atoms with Crippen molar-refractivity contribution in [3.8, 4) is 11.8 Å². The van der Waals surface area contributed by atoms with E-state index in [2.05, 4.69) is 29.4 Å². The molecule has 2 rings (SSSR count). The Kier molecular flexibility index (Phi) is 11.4. The Balaban J connectivity index is 1.90. The molecule has 2 aromatic carbocycles. The van der Waals surface area contributed by atoms with Crippen LogP contribution < -0.4 is 21.8 Å². The Morgan fingerprint density at radius 1 is 1.00 bits per heavy atom. The van der Waals surface area contributed by atoms with Gasteiger partial charge in [-0.1, -0.05) is 31.6 Å². The molecule has 0 unspecified atom stereocenters. The Morgan fingerprint density at radius 3 is 2.14 bits per heavy atom. The molecular weight excluding hydrogens is 446 g/mol. The predicted molar refractivity (Wildman–Crippen MR) is 135 cm³/mol. The predicted octanol–water partition coefficient (Wildman–Crippen LogP) is 1.71. The maximum absolute atomic E-state index is 12.3. The van der Waals surface area contributed by atoms with Crippen LogP contribution in [0.1, 0.15) is 47.7 Å². The molecule has 9 nitrogen and oxygen atoms in total. The molecule has 0 saturated heterocycles. The van der Waals surface area contributed by atoms with E-state index >= 15 is 0 Å². The van der Waals surface area contributed by atoms with Crippen LogP contribution in [0.25, 0.3) is 0 Å². The molecule has 0 saturated carbocycles. The summed E-state index contributed by atoms with van der Waals surface area (Å²) in [6.07, 6.45) is 3.40. The lowest BCUT2D eigenvalue weighted by molar-refractivity contribution is -0.130. The summed E-state index contributed by atoms with van der Waals surface area (Å²) in [7, 11) is 1.94. The Labute approximate surface area is 206 Å². The molecule has 0 spiro atoms. The third kappa shape index (κ3) is 9.59. The number of amides is 3. The van der Waals surface area contributed by atoms with Crippen LogP contribution in [0.5, 0.6) is 0 Å². The summed E-state index contributed by atoms with van der Waals surface area (Å²) in [4.78, 5) is 37.9. The van der Waals surface area contributed by atoms with E-state index in [0.29, 0.717) is 23.4 Å². The van der Waals surface area contributed by atoms with E-state index in [9.17, 15) is 14.4 Å². The normalized spacial score (nSPS) is 11.2. The molecule has 6 N–H and O–H groups in total. The van der Waals surface area contributed by atoms with Crippen LogP contribution in [0.15, 0.2) is 48.5 Å². The fourth-order valence-corrected chi connectivity index (χ4v) is 3.19. The molecule has 186 valence electrons. The molecule has 2 aromatic rings. The highest BCUT2D eigenvalue weighted by Crippen LogP contribution is 2.10. The third-order valence-electron chi connectivity index (χ3n) is 5.19. The smallest absolute Gasteiger partial charge is 0.267 e. The number of hydrogen-bond acceptors (Lipinski definition) is 6. The van der Waals surface area contributed by atoms with Crippen molar-refractivity contribution in [3.05, 3.63) is 65.2 Å². The topological polar surface area (TPSA) is 137 Å². The summed E-state index contributed by atoms with van der Waals surface area (Å²) in [6, 6.07) is 12.8. The number of unbranched alkanes of at least 4 members (excludes halogenated alkanes) is 2. The van der Waals surface area contributed by atoms with Gasteiger partial charge in [0.2, 0.25) is 5.91 Å². The largest absolute Gasteiger partial charge is 0.339 e. The summed E-state index contributed by atoms with van der Waals surface area (Å²) < 4.78 is 0. The van der Waals surface area contributed by atoms with Crippen LogP contribution in [-0.4, -0.2) is 60.6 Å². The number of hydroxylamine groups is 1. The molecule has 0 heterocycles. The van der Waals surface area contributed by atoms with Gasteiger partial charge in [0.05, 0.1) is 6.54 Å². The quantitative estimate of drug-likeness (QED) is 0.144. The van der Waals surface area contributed by atoms with Crippen LogP contribution in [0, 0.1) is 11.8 Å². The molecule has 9 heteroatoms. The summed E-state index contributed by atoms with van der Waals surface area (Å²) in [6.45, 7) is 3.25. The fourth-order valence-electron chi connectivity index (χ4n) is 3.19. The van der Waals surface area contributed by atoms with Gasteiger partial charge < -0.3 is 16.4 Å². The molecular formula is C26H33N5O4. The zero-order valence-corrected chi connectivity index (χ0v) is 20.1. The number of benzene rings is 2. The van der Waals surface area contributed by atoms with Crippen molar-refractivity contribution >= 4 is 23.4 Å². The zero-order chi connectivity index (χ0) is 25.6. The minimum atomic E-state index is -1.04. The van der Waals surface area contributed by atoms with Crippen molar-refractivity contribution in [2.75, 3.05) is 32.0 Å². The number of nitrogens with two attached hydrogens (primary N) is 1. The monoisotopic (exact) mass is 479 g/mol. The van der Waals surface area contributed by atoms with Crippen LogP contribution in [-0.2, 0) is 9.59 Å². The molecule has 35 heavy (non-hydrogen) atoms. The highest BCUT2D eigenvalue weighted by atomic mass is 16.5. The number of nitrogens with zero attached hydrogens (tertiary/aromatic N) is 1. The number of nitrogens with one attached hydrogen (secondary N) is 3. The minimum Gasteiger partial charge on any atom is -0.339 e. The maximum Gasteiger partial charge on any atom is 0.267 e. The number of rotatable bonds is 11. The van der Waals surface area contributed by atoms with Gasteiger partial charge in [-0.3, -0.25) is 24.5 Å². The van der Waals surface area contributed by atoms with Crippen molar-refractivity contribution in [1.82, 2.24) is 15.7 Å². The number of hydrogen-bond donors (Lipinski definition) is 5. The summed E-state index contributed by atoms with van der Waals surface area (Å²) in [5, 5.41) is 14.0. The van der Waals surface area contributed by atoms with Gasteiger partial charge in [-0.05, 0) is 68.5 Å². The van der Waals surface area contributed by atoms with Gasteiger partial charge in [0, 0.05) is 28.9 Å².